The highest BCUT2D eigenvalue weighted by Crippen LogP contribution is 2.29. The van der Waals surface area contributed by atoms with E-state index in [-0.39, 0.29) is 18.2 Å². The van der Waals surface area contributed by atoms with Crippen LogP contribution >= 0.6 is 0 Å². The number of aromatic nitrogens is 2. The first-order valence-electron chi connectivity index (χ1n) is 8.97. The summed E-state index contributed by atoms with van der Waals surface area (Å²) in [5.41, 5.74) is 0.679. The van der Waals surface area contributed by atoms with Gasteiger partial charge in [-0.05, 0) is 52.5 Å². The molecule has 1 aromatic rings. The largest absolute Gasteiger partial charge is 0.444 e. The van der Waals surface area contributed by atoms with E-state index in [0.717, 1.165) is 5.69 Å². The Labute approximate surface area is 145 Å². The molecular formula is C18H32N4O2. The van der Waals surface area contributed by atoms with Crippen molar-refractivity contribution in [1.82, 2.24) is 20.4 Å². The van der Waals surface area contributed by atoms with Gasteiger partial charge in [-0.1, -0.05) is 12.8 Å². The second-order valence-electron chi connectivity index (χ2n) is 7.80. The first-order valence-corrected chi connectivity index (χ1v) is 8.97. The molecular weight excluding hydrogens is 304 g/mol. The number of amides is 1. The van der Waals surface area contributed by atoms with Crippen LogP contribution in [0.1, 0.15) is 65.1 Å². The molecule has 1 amide bonds. The van der Waals surface area contributed by atoms with Crippen molar-refractivity contribution in [2.75, 3.05) is 6.54 Å². The van der Waals surface area contributed by atoms with Gasteiger partial charge in [0.1, 0.15) is 5.60 Å². The van der Waals surface area contributed by atoms with E-state index in [4.69, 9.17) is 4.74 Å². The van der Waals surface area contributed by atoms with Crippen molar-refractivity contribution in [1.29, 1.82) is 0 Å². The molecule has 0 radical (unpaired) electrons. The molecule has 24 heavy (non-hydrogen) atoms. The summed E-state index contributed by atoms with van der Waals surface area (Å²) < 4.78 is 7.25. The van der Waals surface area contributed by atoms with Crippen molar-refractivity contribution < 1.29 is 9.53 Å². The maximum atomic E-state index is 12.0. The standard InChI is InChI=1S/C18H32N4O2/c1-13(16-10-11-20-22(16)5)21-15(14-8-6-7-9-14)12-19-17(23)24-18(2,3)4/h10-11,13-15,21H,6-9,12H2,1-5H3,(H,19,23). The highest BCUT2D eigenvalue weighted by Gasteiger charge is 2.28. The summed E-state index contributed by atoms with van der Waals surface area (Å²) in [6.07, 6.45) is 6.44. The zero-order valence-electron chi connectivity index (χ0n) is 15.6. The topological polar surface area (TPSA) is 68.2 Å². The number of aryl methyl sites for hydroxylation is 1. The summed E-state index contributed by atoms with van der Waals surface area (Å²) in [4.78, 5) is 12.0. The van der Waals surface area contributed by atoms with Gasteiger partial charge in [-0.2, -0.15) is 5.10 Å². The number of nitrogens with zero attached hydrogens (tertiary/aromatic N) is 2. The monoisotopic (exact) mass is 336 g/mol. The van der Waals surface area contributed by atoms with E-state index in [9.17, 15) is 4.79 Å². The molecule has 136 valence electrons. The molecule has 1 heterocycles. The lowest BCUT2D eigenvalue weighted by molar-refractivity contribution is 0.0517. The lowest BCUT2D eigenvalue weighted by Crippen LogP contribution is -2.47. The van der Waals surface area contributed by atoms with Crippen LogP contribution in [0.4, 0.5) is 4.79 Å². The number of hydrogen-bond donors (Lipinski definition) is 2. The van der Waals surface area contributed by atoms with Gasteiger partial charge in [0, 0.05) is 31.9 Å². The van der Waals surface area contributed by atoms with Gasteiger partial charge in [-0.15, -0.1) is 0 Å². The Morgan fingerprint density at radius 1 is 1.42 bits per heavy atom. The van der Waals surface area contributed by atoms with Crippen LogP contribution in [0.25, 0.3) is 0 Å². The maximum Gasteiger partial charge on any atom is 0.407 e. The van der Waals surface area contributed by atoms with E-state index < -0.39 is 5.60 Å². The minimum Gasteiger partial charge on any atom is -0.444 e. The second-order valence-corrected chi connectivity index (χ2v) is 7.80. The molecule has 2 atom stereocenters. The summed E-state index contributed by atoms with van der Waals surface area (Å²) in [7, 11) is 1.96. The van der Waals surface area contributed by atoms with Gasteiger partial charge in [-0.3, -0.25) is 4.68 Å². The number of carbonyl (C=O) groups is 1. The fourth-order valence-corrected chi connectivity index (χ4v) is 3.44. The number of nitrogens with one attached hydrogen (secondary N) is 2. The molecule has 1 aliphatic rings. The summed E-state index contributed by atoms with van der Waals surface area (Å²) in [5.74, 6) is 0.593. The first kappa shape index (κ1) is 18.8. The van der Waals surface area contributed by atoms with Crippen molar-refractivity contribution in [2.24, 2.45) is 13.0 Å². The quantitative estimate of drug-likeness (QED) is 0.837. The first-order chi connectivity index (χ1) is 11.3. The minimum atomic E-state index is -0.470. The molecule has 0 saturated heterocycles. The molecule has 1 aromatic heterocycles. The molecule has 1 saturated carbocycles. The molecule has 0 spiro atoms. The lowest BCUT2D eigenvalue weighted by atomic mass is 9.97. The average molecular weight is 336 g/mol. The van der Waals surface area contributed by atoms with Crippen molar-refractivity contribution in [3.05, 3.63) is 18.0 Å². The van der Waals surface area contributed by atoms with Crippen molar-refractivity contribution in [3.63, 3.8) is 0 Å². The molecule has 6 nitrogen and oxygen atoms in total. The van der Waals surface area contributed by atoms with Crippen LogP contribution in [-0.2, 0) is 11.8 Å². The van der Waals surface area contributed by atoms with Gasteiger partial charge in [0.25, 0.3) is 0 Å². The van der Waals surface area contributed by atoms with Crippen LogP contribution in [0.2, 0.25) is 0 Å². The van der Waals surface area contributed by atoms with Gasteiger partial charge in [0.15, 0.2) is 0 Å². The van der Waals surface area contributed by atoms with Crippen LogP contribution in [0, 0.1) is 5.92 Å². The predicted molar refractivity (Wildman–Crippen MR) is 94.7 cm³/mol. The molecule has 1 aliphatic carbocycles. The Hall–Kier alpha value is -1.56. The molecule has 1 fully saturated rings. The van der Waals surface area contributed by atoms with Crippen LogP contribution in [-0.4, -0.2) is 34.1 Å². The van der Waals surface area contributed by atoms with E-state index in [0.29, 0.717) is 12.5 Å². The molecule has 2 rings (SSSR count). The van der Waals surface area contributed by atoms with Crippen molar-refractivity contribution in [2.45, 2.75) is 71.1 Å². The summed E-state index contributed by atoms with van der Waals surface area (Å²) >= 11 is 0. The van der Waals surface area contributed by atoms with E-state index >= 15 is 0 Å². The number of ether oxygens (including phenoxy) is 1. The highest BCUT2D eigenvalue weighted by molar-refractivity contribution is 5.67. The minimum absolute atomic E-state index is 0.184. The highest BCUT2D eigenvalue weighted by atomic mass is 16.6. The molecule has 6 heteroatoms. The van der Waals surface area contributed by atoms with Gasteiger partial charge < -0.3 is 15.4 Å². The van der Waals surface area contributed by atoms with E-state index in [2.05, 4.69) is 22.7 Å². The molecule has 2 unspecified atom stereocenters. The van der Waals surface area contributed by atoms with Crippen LogP contribution in [0.5, 0.6) is 0 Å². The third-order valence-corrected chi connectivity index (χ3v) is 4.60. The van der Waals surface area contributed by atoms with E-state index in [1.165, 1.54) is 25.7 Å². The predicted octanol–water partition coefficient (Wildman–Crippen LogP) is 3.15. The zero-order valence-corrected chi connectivity index (χ0v) is 15.6. The van der Waals surface area contributed by atoms with Gasteiger partial charge in [0.05, 0.1) is 5.69 Å². The second kappa shape index (κ2) is 8.01. The zero-order chi connectivity index (χ0) is 17.7. The van der Waals surface area contributed by atoms with E-state index in [1.54, 1.807) is 0 Å². The molecule has 0 aromatic carbocycles. The average Bonchev–Trinajstić information content (AvgIpc) is 3.12. The Balaban J connectivity index is 1.95. The van der Waals surface area contributed by atoms with Crippen molar-refractivity contribution >= 4 is 6.09 Å². The van der Waals surface area contributed by atoms with Gasteiger partial charge in [-0.25, -0.2) is 4.79 Å². The number of hydrogen-bond acceptors (Lipinski definition) is 4. The SMILES string of the molecule is CC(NC(CNC(=O)OC(C)(C)C)C1CCCC1)c1ccnn1C. The third kappa shape index (κ3) is 5.51. The molecule has 0 aliphatic heterocycles. The Kier molecular flexibility index (Phi) is 6.27. The van der Waals surface area contributed by atoms with Crippen LogP contribution < -0.4 is 10.6 Å². The number of carbonyl (C=O) groups excluding carboxylic acids is 1. The Morgan fingerprint density at radius 3 is 2.62 bits per heavy atom. The smallest absolute Gasteiger partial charge is 0.407 e. The van der Waals surface area contributed by atoms with E-state index in [1.807, 2.05) is 44.8 Å². The van der Waals surface area contributed by atoms with Crippen LogP contribution in [0.3, 0.4) is 0 Å². The molecule has 2 N–H and O–H groups in total. The Morgan fingerprint density at radius 2 is 2.08 bits per heavy atom. The summed E-state index contributed by atoms with van der Waals surface area (Å²) in [6.45, 7) is 8.37. The summed E-state index contributed by atoms with van der Waals surface area (Å²) in [5, 5.41) is 10.9. The van der Waals surface area contributed by atoms with Crippen LogP contribution in [0.15, 0.2) is 12.3 Å². The van der Waals surface area contributed by atoms with Crippen molar-refractivity contribution in [3.8, 4) is 0 Å². The normalized spacial score (nSPS) is 18.4. The summed E-state index contributed by atoms with van der Waals surface area (Å²) in [6, 6.07) is 2.46. The van der Waals surface area contributed by atoms with Gasteiger partial charge in [0.2, 0.25) is 0 Å². The van der Waals surface area contributed by atoms with Gasteiger partial charge >= 0.3 is 6.09 Å². The lowest BCUT2D eigenvalue weighted by Gasteiger charge is -2.29. The fraction of sp³-hybridized carbons (Fsp3) is 0.778. The Bertz CT molecular complexity index is 529. The number of alkyl carbamates (subject to hydrolysis) is 1. The third-order valence-electron chi connectivity index (χ3n) is 4.60. The molecule has 0 bridgehead atoms. The maximum absolute atomic E-state index is 12.0. The number of rotatable bonds is 6. The fourth-order valence-electron chi connectivity index (χ4n) is 3.44.